The minimum absolute atomic E-state index is 0.0538. The molecule has 0 amide bonds. The van der Waals surface area contributed by atoms with E-state index >= 15 is 0 Å². The van der Waals surface area contributed by atoms with Crippen LogP contribution >= 0.6 is 0 Å². The van der Waals surface area contributed by atoms with Gasteiger partial charge in [0.05, 0.1) is 18.2 Å². The Morgan fingerprint density at radius 3 is 2.57 bits per heavy atom. The summed E-state index contributed by atoms with van der Waals surface area (Å²) in [6.07, 6.45) is -0.337. The van der Waals surface area contributed by atoms with Gasteiger partial charge in [0, 0.05) is 0 Å². The number of rotatable bonds is 5. The lowest BCUT2D eigenvalue weighted by Gasteiger charge is -2.05. The fourth-order valence-corrected chi connectivity index (χ4v) is 0.575. The van der Waals surface area contributed by atoms with Crippen LogP contribution in [-0.2, 0) is 19.1 Å². The van der Waals surface area contributed by atoms with Crippen molar-refractivity contribution in [2.75, 3.05) is 13.2 Å². The Kier molecular flexibility index (Phi) is 5.79. The second kappa shape index (κ2) is 6.66. The van der Waals surface area contributed by atoms with Crippen LogP contribution in [0.3, 0.4) is 0 Å². The third kappa shape index (κ3) is 4.93. The maximum atomic E-state index is 10.9. The number of nitriles is 1. The maximum absolute atomic E-state index is 10.9. The van der Waals surface area contributed by atoms with Crippen molar-refractivity contribution in [1.29, 1.82) is 5.26 Å². The number of ether oxygens (including phenoxy) is 2. The van der Waals surface area contributed by atoms with Crippen LogP contribution < -0.4 is 0 Å². The molecule has 0 bridgehead atoms. The first-order valence-electron chi connectivity index (χ1n) is 3.99. The van der Waals surface area contributed by atoms with E-state index in [2.05, 4.69) is 16.1 Å². The van der Waals surface area contributed by atoms with Crippen LogP contribution in [0.2, 0.25) is 0 Å². The van der Waals surface area contributed by atoms with E-state index in [0.29, 0.717) is 0 Å². The average Bonchev–Trinajstić information content (AvgIpc) is 2.15. The van der Waals surface area contributed by atoms with Crippen LogP contribution in [0.5, 0.6) is 0 Å². The number of carbonyl (C=O) groups excluding carboxylic acids is 2. The molecule has 0 aliphatic heterocycles. The molecule has 0 radical (unpaired) electrons. The summed E-state index contributed by atoms with van der Waals surface area (Å²) in [5, 5.41) is 8.13. The van der Waals surface area contributed by atoms with Gasteiger partial charge in [0.25, 0.3) is 0 Å². The van der Waals surface area contributed by atoms with Gasteiger partial charge >= 0.3 is 11.9 Å². The number of carbonyl (C=O) groups is 2. The molecule has 5 nitrogen and oxygen atoms in total. The summed E-state index contributed by atoms with van der Waals surface area (Å²) in [4.78, 5) is 21.6. The fraction of sp³-hybridized carbons (Fsp3) is 0.444. The lowest BCUT2D eigenvalue weighted by atomic mass is 10.3. The van der Waals surface area contributed by atoms with E-state index in [1.54, 1.807) is 13.0 Å². The quantitative estimate of drug-likeness (QED) is 0.475. The summed E-state index contributed by atoms with van der Waals surface area (Å²) in [7, 11) is 0. The Labute approximate surface area is 81.9 Å². The molecule has 0 aliphatic rings. The Balaban J connectivity index is 3.80. The van der Waals surface area contributed by atoms with Crippen molar-refractivity contribution < 1.29 is 19.1 Å². The average molecular weight is 197 g/mol. The Bertz CT molecular complexity index is 277. The first kappa shape index (κ1) is 12.2. The first-order chi connectivity index (χ1) is 6.61. The zero-order valence-electron chi connectivity index (χ0n) is 7.91. The third-order valence-electron chi connectivity index (χ3n) is 1.19. The zero-order valence-corrected chi connectivity index (χ0v) is 7.91. The van der Waals surface area contributed by atoms with Crippen LogP contribution in [0, 0.1) is 11.3 Å². The molecule has 0 aliphatic carbocycles. The molecular formula is C9H11NO4. The molecule has 0 saturated heterocycles. The summed E-state index contributed by atoms with van der Waals surface area (Å²) in [6, 6.07) is 1.63. The van der Waals surface area contributed by atoms with Crippen LogP contribution in [-0.4, -0.2) is 25.2 Å². The minimum Gasteiger partial charge on any atom is -0.463 e. The van der Waals surface area contributed by atoms with Gasteiger partial charge in [-0.25, -0.2) is 4.79 Å². The van der Waals surface area contributed by atoms with Crippen molar-refractivity contribution in [3.05, 3.63) is 12.2 Å². The van der Waals surface area contributed by atoms with Gasteiger partial charge in [-0.1, -0.05) is 6.58 Å². The molecule has 0 aromatic carbocycles. The number of hydrogen-bond donors (Lipinski definition) is 0. The molecule has 14 heavy (non-hydrogen) atoms. The predicted molar refractivity (Wildman–Crippen MR) is 47.0 cm³/mol. The number of nitrogens with zero attached hydrogens (tertiary/aromatic N) is 1. The maximum Gasteiger partial charge on any atom is 0.336 e. The molecule has 5 heteroatoms. The van der Waals surface area contributed by atoms with Crippen molar-refractivity contribution in [2.45, 2.75) is 13.3 Å². The van der Waals surface area contributed by atoms with E-state index in [0.717, 1.165) is 0 Å². The standard InChI is InChI=1S/C9H11NO4/c1-3-13-9(12)7(2)6-14-8(11)4-5-10/h2-4,6H2,1H3. The van der Waals surface area contributed by atoms with Crippen LogP contribution in [0.15, 0.2) is 12.2 Å². The van der Waals surface area contributed by atoms with Crippen molar-refractivity contribution in [2.24, 2.45) is 0 Å². The largest absolute Gasteiger partial charge is 0.463 e. The highest BCUT2D eigenvalue weighted by molar-refractivity contribution is 5.88. The fourth-order valence-electron chi connectivity index (χ4n) is 0.575. The van der Waals surface area contributed by atoms with Gasteiger partial charge in [0.2, 0.25) is 0 Å². The summed E-state index contributed by atoms with van der Waals surface area (Å²) >= 11 is 0. The van der Waals surface area contributed by atoms with Crippen molar-refractivity contribution in [3.8, 4) is 6.07 Å². The molecule has 0 heterocycles. The lowest BCUT2D eigenvalue weighted by molar-refractivity contribution is -0.143. The Morgan fingerprint density at radius 1 is 1.43 bits per heavy atom. The topological polar surface area (TPSA) is 76.4 Å². The smallest absolute Gasteiger partial charge is 0.336 e. The molecule has 0 atom stereocenters. The second-order valence-electron chi connectivity index (χ2n) is 2.32. The van der Waals surface area contributed by atoms with E-state index in [9.17, 15) is 9.59 Å². The van der Waals surface area contributed by atoms with Crippen LogP contribution in [0.4, 0.5) is 0 Å². The van der Waals surface area contributed by atoms with Crippen molar-refractivity contribution in [3.63, 3.8) is 0 Å². The van der Waals surface area contributed by atoms with Gasteiger partial charge in [-0.3, -0.25) is 4.79 Å². The van der Waals surface area contributed by atoms with Crippen molar-refractivity contribution in [1.82, 2.24) is 0 Å². The Hall–Kier alpha value is -1.83. The number of hydrogen-bond acceptors (Lipinski definition) is 5. The molecule has 76 valence electrons. The van der Waals surface area contributed by atoms with E-state index in [-0.39, 0.29) is 25.2 Å². The highest BCUT2D eigenvalue weighted by Gasteiger charge is 2.10. The van der Waals surface area contributed by atoms with Crippen LogP contribution in [0.1, 0.15) is 13.3 Å². The third-order valence-corrected chi connectivity index (χ3v) is 1.19. The lowest BCUT2D eigenvalue weighted by Crippen LogP contribution is -2.14. The van der Waals surface area contributed by atoms with Gasteiger partial charge in [0.1, 0.15) is 13.0 Å². The van der Waals surface area contributed by atoms with E-state index in [1.807, 2.05) is 0 Å². The molecule has 0 aromatic rings. The van der Waals surface area contributed by atoms with E-state index < -0.39 is 11.9 Å². The van der Waals surface area contributed by atoms with Gasteiger partial charge in [-0.15, -0.1) is 0 Å². The zero-order chi connectivity index (χ0) is 11.0. The molecule has 0 rings (SSSR count). The Morgan fingerprint density at radius 2 is 2.07 bits per heavy atom. The molecule has 0 aromatic heterocycles. The number of esters is 2. The second-order valence-corrected chi connectivity index (χ2v) is 2.32. The first-order valence-corrected chi connectivity index (χ1v) is 3.99. The molecule has 0 N–H and O–H groups in total. The summed E-state index contributed by atoms with van der Waals surface area (Å²) in [5.41, 5.74) is 0.0538. The van der Waals surface area contributed by atoms with E-state index in [1.165, 1.54) is 0 Å². The molecule has 0 spiro atoms. The molecule has 0 unspecified atom stereocenters. The molecule has 0 fully saturated rings. The molecular weight excluding hydrogens is 186 g/mol. The normalized spacial score (nSPS) is 8.57. The molecule has 0 saturated carbocycles. The minimum atomic E-state index is -0.682. The summed E-state index contributed by atoms with van der Waals surface area (Å²) < 4.78 is 9.15. The van der Waals surface area contributed by atoms with Gasteiger partial charge in [-0.05, 0) is 6.92 Å². The highest BCUT2D eigenvalue weighted by atomic mass is 16.5. The predicted octanol–water partition coefficient (Wildman–Crippen LogP) is 0.563. The summed E-state index contributed by atoms with van der Waals surface area (Å²) in [6.45, 7) is 5.03. The van der Waals surface area contributed by atoms with Gasteiger partial charge in [0.15, 0.2) is 0 Å². The van der Waals surface area contributed by atoms with Gasteiger partial charge in [-0.2, -0.15) is 5.26 Å². The van der Waals surface area contributed by atoms with Crippen LogP contribution in [0.25, 0.3) is 0 Å². The van der Waals surface area contributed by atoms with Crippen molar-refractivity contribution >= 4 is 11.9 Å². The SMILES string of the molecule is C=C(COC(=O)CC#N)C(=O)OCC. The monoisotopic (exact) mass is 197 g/mol. The van der Waals surface area contributed by atoms with E-state index in [4.69, 9.17) is 5.26 Å². The summed E-state index contributed by atoms with van der Waals surface area (Å²) in [5.74, 6) is -1.28. The van der Waals surface area contributed by atoms with Gasteiger partial charge < -0.3 is 9.47 Å². The highest BCUT2D eigenvalue weighted by Crippen LogP contribution is 1.97.